The fourth-order valence-corrected chi connectivity index (χ4v) is 3.08. The number of likely N-dealkylation sites (tertiary alicyclic amines) is 1. The van der Waals surface area contributed by atoms with Gasteiger partial charge in [0, 0.05) is 13.1 Å². The molecule has 124 valence electrons. The first-order valence-corrected chi connectivity index (χ1v) is 7.70. The Labute approximate surface area is 129 Å². The predicted molar refractivity (Wildman–Crippen MR) is 78.5 cm³/mol. The van der Waals surface area contributed by atoms with Crippen LogP contribution in [-0.2, 0) is 14.4 Å². The van der Waals surface area contributed by atoms with Crippen LogP contribution >= 0.6 is 0 Å². The van der Waals surface area contributed by atoms with Crippen LogP contribution in [0.15, 0.2) is 0 Å². The number of hydrogen-bond acceptors (Lipinski definition) is 5. The molecule has 2 heterocycles. The van der Waals surface area contributed by atoms with Gasteiger partial charge in [-0.05, 0) is 32.7 Å². The SMILES string of the molecule is C[C@@H](O)[C@H](NC(=O)C1CCCN1C(=O)[C@@H]1CCNC1)C(N)=O. The Morgan fingerprint density at radius 3 is 2.64 bits per heavy atom. The quantitative estimate of drug-likeness (QED) is 0.464. The third kappa shape index (κ3) is 3.56. The van der Waals surface area contributed by atoms with E-state index in [0.717, 1.165) is 19.4 Å². The van der Waals surface area contributed by atoms with Gasteiger partial charge in [-0.25, -0.2) is 0 Å². The molecule has 0 spiro atoms. The van der Waals surface area contributed by atoms with Crippen molar-refractivity contribution in [3.8, 4) is 0 Å². The van der Waals surface area contributed by atoms with Gasteiger partial charge in [-0.15, -0.1) is 0 Å². The van der Waals surface area contributed by atoms with Crippen molar-refractivity contribution in [2.75, 3.05) is 19.6 Å². The van der Waals surface area contributed by atoms with Crippen LogP contribution in [0.2, 0.25) is 0 Å². The number of amides is 3. The molecule has 2 saturated heterocycles. The Morgan fingerprint density at radius 2 is 2.09 bits per heavy atom. The number of rotatable bonds is 5. The molecule has 8 nitrogen and oxygen atoms in total. The van der Waals surface area contributed by atoms with Crippen molar-refractivity contribution in [1.82, 2.24) is 15.5 Å². The first-order chi connectivity index (χ1) is 10.4. The van der Waals surface area contributed by atoms with E-state index in [1.165, 1.54) is 6.92 Å². The minimum absolute atomic E-state index is 0.0182. The van der Waals surface area contributed by atoms with E-state index in [4.69, 9.17) is 5.73 Å². The van der Waals surface area contributed by atoms with Crippen molar-refractivity contribution >= 4 is 17.7 Å². The minimum Gasteiger partial charge on any atom is -0.391 e. The number of nitrogens with one attached hydrogen (secondary N) is 2. The summed E-state index contributed by atoms with van der Waals surface area (Å²) in [5.41, 5.74) is 5.18. The molecule has 2 fully saturated rings. The van der Waals surface area contributed by atoms with E-state index < -0.39 is 30.0 Å². The lowest BCUT2D eigenvalue weighted by molar-refractivity contribution is -0.142. The maximum Gasteiger partial charge on any atom is 0.243 e. The van der Waals surface area contributed by atoms with Gasteiger partial charge in [-0.1, -0.05) is 0 Å². The molecule has 0 saturated carbocycles. The van der Waals surface area contributed by atoms with Crippen molar-refractivity contribution in [3.63, 3.8) is 0 Å². The summed E-state index contributed by atoms with van der Waals surface area (Å²) in [5.74, 6) is -1.33. The van der Waals surface area contributed by atoms with Crippen LogP contribution in [0.25, 0.3) is 0 Å². The predicted octanol–water partition coefficient (Wildman–Crippen LogP) is -2.06. The lowest BCUT2D eigenvalue weighted by atomic mass is 10.1. The number of nitrogens with two attached hydrogens (primary N) is 1. The number of primary amides is 1. The Bertz CT molecular complexity index is 448. The van der Waals surface area contributed by atoms with Gasteiger partial charge in [0.1, 0.15) is 12.1 Å². The molecule has 0 aromatic heterocycles. The van der Waals surface area contributed by atoms with E-state index in [2.05, 4.69) is 10.6 Å². The number of aliphatic hydroxyl groups is 1. The van der Waals surface area contributed by atoms with E-state index in [9.17, 15) is 19.5 Å². The smallest absolute Gasteiger partial charge is 0.243 e. The summed E-state index contributed by atoms with van der Waals surface area (Å²) in [6, 6.07) is -1.73. The fraction of sp³-hybridized carbons (Fsp3) is 0.786. The second-order valence-corrected chi connectivity index (χ2v) is 6.01. The number of nitrogens with zero attached hydrogens (tertiary/aromatic N) is 1. The summed E-state index contributed by atoms with van der Waals surface area (Å²) in [6.45, 7) is 3.38. The van der Waals surface area contributed by atoms with Gasteiger partial charge in [0.2, 0.25) is 17.7 Å². The normalized spacial score (nSPS) is 27.5. The van der Waals surface area contributed by atoms with E-state index in [0.29, 0.717) is 19.5 Å². The molecule has 0 aromatic carbocycles. The Kier molecular flexibility index (Phi) is 5.36. The molecule has 0 aromatic rings. The molecule has 22 heavy (non-hydrogen) atoms. The van der Waals surface area contributed by atoms with Crippen molar-refractivity contribution in [3.05, 3.63) is 0 Å². The monoisotopic (exact) mass is 312 g/mol. The fourth-order valence-electron chi connectivity index (χ4n) is 3.08. The Balaban J connectivity index is 2.01. The second kappa shape index (κ2) is 7.06. The molecule has 1 unspecified atom stereocenters. The first kappa shape index (κ1) is 16.7. The lowest BCUT2D eigenvalue weighted by Crippen LogP contribution is -2.56. The lowest BCUT2D eigenvalue weighted by Gasteiger charge is -2.28. The van der Waals surface area contributed by atoms with Crippen molar-refractivity contribution in [1.29, 1.82) is 0 Å². The molecule has 5 N–H and O–H groups in total. The molecule has 0 bridgehead atoms. The average Bonchev–Trinajstić information content (AvgIpc) is 3.13. The molecule has 8 heteroatoms. The van der Waals surface area contributed by atoms with Crippen molar-refractivity contribution < 1.29 is 19.5 Å². The van der Waals surface area contributed by atoms with Gasteiger partial charge in [-0.3, -0.25) is 14.4 Å². The van der Waals surface area contributed by atoms with Crippen molar-refractivity contribution in [2.24, 2.45) is 11.7 Å². The van der Waals surface area contributed by atoms with Gasteiger partial charge in [0.05, 0.1) is 12.0 Å². The Morgan fingerprint density at radius 1 is 1.36 bits per heavy atom. The third-order valence-corrected chi connectivity index (χ3v) is 4.33. The number of hydrogen-bond donors (Lipinski definition) is 4. The minimum atomic E-state index is -1.14. The highest BCUT2D eigenvalue weighted by Gasteiger charge is 2.39. The van der Waals surface area contributed by atoms with E-state index in [1.807, 2.05) is 0 Å². The van der Waals surface area contributed by atoms with Gasteiger partial charge in [0.15, 0.2) is 0 Å². The zero-order valence-corrected chi connectivity index (χ0v) is 12.7. The highest BCUT2D eigenvalue weighted by atomic mass is 16.3. The highest BCUT2D eigenvalue weighted by molar-refractivity contribution is 5.92. The van der Waals surface area contributed by atoms with E-state index >= 15 is 0 Å². The van der Waals surface area contributed by atoms with Crippen LogP contribution in [-0.4, -0.2) is 65.5 Å². The van der Waals surface area contributed by atoms with E-state index in [-0.39, 0.29) is 11.8 Å². The molecule has 3 amide bonds. The maximum atomic E-state index is 12.5. The molecule has 0 aliphatic carbocycles. The summed E-state index contributed by atoms with van der Waals surface area (Å²) < 4.78 is 0. The number of carbonyl (C=O) groups is 3. The van der Waals surface area contributed by atoms with Gasteiger partial charge >= 0.3 is 0 Å². The molecule has 2 aliphatic heterocycles. The average molecular weight is 312 g/mol. The maximum absolute atomic E-state index is 12.5. The van der Waals surface area contributed by atoms with Crippen molar-refractivity contribution in [2.45, 2.75) is 44.4 Å². The molecule has 4 atom stereocenters. The molecule has 2 rings (SSSR count). The summed E-state index contributed by atoms with van der Waals surface area (Å²) in [7, 11) is 0. The third-order valence-electron chi connectivity index (χ3n) is 4.33. The zero-order chi connectivity index (χ0) is 16.3. The molecule has 0 radical (unpaired) electrons. The standard InChI is InChI=1S/C14H24N4O4/c1-8(19)11(12(15)20)17-13(21)10-3-2-6-18(10)14(22)9-4-5-16-7-9/h8-11,16,19H,2-7H2,1H3,(H2,15,20)(H,17,21)/t8-,9-,10?,11+/m1/s1. The molecular weight excluding hydrogens is 288 g/mol. The molecule has 2 aliphatic rings. The zero-order valence-electron chi connectivity index (χ0n) is 12.7. The summed E-state index contributed by atoms with van der Waals surface area (Å²) in [5, 5.41) is 15.1. The van der Waals surface area contributed by atoms with Crippen LogP contribution in [0.5, 0.6) is 0 Å². The first-order valence-electron chi connectivity index (χ1n) is 7.70. The summed E-state index contributed by atoms with van der Waals surface area (Å²) >= 11 is 0. The van der Waals surface area contributed by atoms with Gasteiger partial charge in [-0.2, -0.15) is 0 Å². The largest absolute Gasteiger partial charge is 0.391 e. The highest BCUT2D eigenvalue weighted by Crippen LogP contribution is 2.22. The topological polar surface area (TPSA) is 125 Å². The van der Waals surface area contributed by atoms with Crippen LogP contribution in [0, 0.1) is 5.92 Å². The summed E-state index contributed by atoms with van der Waals surface area (Å²) in [4.78, 5) is 37.7. The van der Waals surface area contributed by atoms with Crippen LogP contribution in [0.3, 0.4) is 0 Å². The van der Waals surface area contributed by atoms with Crippen LogP contribution in [0.4, 0.5) is 0 Å². The van der Waals surface area contributed by atoms with Crippen LogP contribution in [0.1, 0.15) is 26.2 Å². The van der Waals surface area contributed by atoms with Gasteiger partial charge < -0.3 is 26.4 Å². The van der Waals surface area contributed by atoms with E-state index in [1.54, 1.807) is 4.90 Å². The second-order valence-electron chi connectivity index (χ2n) is 6.01. The van der Waals surface area contributed by atoms with Gasteiger partial charge in [0.25, 0.3) is 0 Å². The summed E-state index contributed by atoms with van der Waals surface area (Å²) in [6.07, 6.45) is 1.01. The number of aliphatic hydroxyl groups excluding tert-OH is 1. The Hall–Kier alpha value is -1.67. The van der Waals surface area contributed by atoms with Crippen LogP contribution < -0.4 is 16.4 Å². The molecular formula is C14H24N4O4. The number of carbonyl (C=O) groups excluding carboxylic acids is 3.